The van der Waals surface area contributed by atoms with Gasteiger partial charge in [-0.1, -0.05) is 12.1 Å². The molecule has 1 fully saturated rings. The third-order valence-electron chi connectivity index (χ3n) is 4.91. The highest BCUT2D eigenvalue weighted by Gasteiger charge is 2.17. The summed E-state index contributed by atoms with van der Waals surface area (Å²) in [6.45, 7) is 4.11. The Morgan fingerprint density at radius 2 is 1.72 bits per heavy atom. The van der Waals surface area contributed by atoms with E-state index in [9.17, 15) is 4.79 Å². The van der Waals surface area contributed by atoms with Crippen LogP contribution in [0.3, 0.4) is 0 Å². The second kappa shape index (κ2) is 6.72. The second-order valence-corrected chi connectivity index (χ2v) is 6.50. The maximum absolute atomic E-state index is 12.4. The number of rotatable bonds is 6. The van der Waals surface area contributed by atoms with Crippen LogP contribution in [0.5, 0.6) is 0 Å². The molecular weight excluding hydrogens is 316 g/mol. The number of likely N-dealkylation sites (tertiary alicyclic amines) is 1. The molecule has 3 heterocycles. The lowest BCUT2D eigenvalue weighted by atomic mass is 10.3. The van der Waals surface area contributed by atoms with Gasteiger partial charge in [0.2, 0.25) is 11.4 Å². The maximum Gasteiger partial charge on any atom is 0.217 e. The molecule has 0 unspecified atom stereocenters. The minimum atomic E-state index is -0.119. The Morgan fingerprint density at radius 1 is 1.00 bits per heavy atom. The first kappa shape index (κ1) is 15.9. The topological polar surface area (TPSA) is 67.2 Å². The van der Waals surface area contributed by atoms with Crippen molar-refractivity contribution < 1.29 is 9.21 Å². The molecule has 1 aliphatic heterocycles. The number of aromatic nitrogens is 2. The van der Waals surface area contributed by atoms with Crippen molar-refractivity contribution >= 4 is 16.8 Å². The van der Waals surface area contributed by atoms with Crippen molar-refractivity contribution in [2.45, 2.75) is 25.9 Å². The number of nitrogens with zero attached hydrogens (tertiary/aromatic N) is 3. The van der Waals surface area contributed by atoms with E-state index in [1.807, 2.05) is 28.8 Å². The van der Waals surface area contributed by atoms with Crippen molar-refractivity contribution in [2.75, 3.05) is 19.6 Å². The van der Waals surface area contributed by atoms with Gasteiger partial charge in [0.05, 0.1) is 23.8 Å². The number of fused-ring (bicyclic) bond motifs is 1. The average molecular weight is 338 g/mol. The molecular formula is C19H22N4O2. The second-order valence-electron chi connectivity index (χ2n) is 6.50. The number of nitrogens with one attached hydrogen (secondary N) is 1. The van der Waals surface area contributed by atoms with Crippen LogP contribution in [0.4, 0.5) is 0 Å². The molecule has 0 spiro atoms. The Balaban J connectivity index is 1.65. The fourth-order valence-corrected chi connectivity index (χ4v) is 3.59. The summed E-state index contributed by atoms with van der Waals surface area (Å²) in [7, 11) is 0. The summed E-state index contributed by atoms with van der Waals surface area (Å²) in [6.07, 6.45) is 4.02. The molecule has 25 heavy (non-hydrogen) atoms. The highest BCUT2D eigenvalue weighted by Crippen LogP contribution is 2.15. The van der Waals surface area contributed by atoms with Crippen molar-refractivity contribution in [3.05, 3.63) is 54.0 Å². The van der Waals surface area contributed by atoms with E-state index in [1.165, 1.54) is 19.1 Å². The number of ketones is 1. The SMILES string of the molecule is N=c1n(CCN2CCCC2)c2ccccc2n1CC(=O)c1ccco1. The lowest BCUT2D eigenvalue weighted by Crippen LogP contribution is -2.31. The number of carbonyl (C=O) groups excluding carboxylic acids is 1. The van der Waals surface area contributed by atoms with Crippen LogP contribution in [0.25, 0.3) is 11.0 Å². The van der Waals surface area contributed by atoms with Crippen molar-refractivity contribution in [1.82, 2.24) is 14.0 Å². The molecule has 1 saturated heterocycles. The van der Waals surface area contributed by atoms with Gasteiger partial charge >= 0.3 is 0 Å². The van der Waals surface area contributed by atoms with Gasteiger partial charge in [0.1, 0.15) is 0 Å². The van der Waals surface area contributed by atoms with Gasteiger partial charge in [-0.15, -0.1) is 0 Å². The van der Waals surface area contributed by atoms with Crippen LogP contribution >= 0.6 is 0 Å². The van der Waals surface area contributed by atoms with E-state index in [1.54, 1.807) is 16.7 Å². The van der Waals surface area contributed by atoms with Gasteiger partial charge in [0.15, 0.2) is 5.76 Å². The Kier molecular flexibility index (Phi) is 4.28. The van der Waals surface area contributed by atoms with Crippen LogP contribution in [0.15, 0.2) is 47.1 Å². The summed E-state index contributed by atoms with van der Waals surface area (Å²) in [5.74, 6) is 0.215. The number of para-hydroxylation sites is 2. The molecule has 1 aromatic carbocycles. The molecule has 2 aromatic heterocycles. The molecule has 130 valence electrons. The molecule has 0 bridgehead atoms. The fraction of sp³-hybridized carbons (Fsp3) is 0.368. The third-order valence-corrected chi connectivity index (χ3v) is 4.91. The Hall–Kier alpha value is -2.60. The predicted molar refractivity (Wildman–Crippen MR) is 94.5 cm³/mol. The maximum atomic E-state index is 12.4. The fourth-order valence-electron chi connectivity index (χ4n) is 3.59. The zero-order valence-corrected chi connectivity index (χ0v) is 14.1. The number of imidazole rings is 1. The number of Topliss-reactive ketones (excluding diaryl/α,β-unsaturated/α-hetero) is 1. The Morgan fingerprint density at radius 3 is 2.40 bits per heavy atom. The predicted octanol–water partition coefficient (Wildman–Crippen LogP) is 2.49. The van der Waals surface area contributed by atoms with E-state index in [2.05, 4.69) is 4.90 Å². The summed E-state index contributed by atoms with van der Waals surface area (Å²) in [5.41, 5.74) is 2.27. The van der Waals surface area contributed by atoms with Gasteiger partial charge in [0.25, 0.3) is 0 Å². The normalized spacial score (nSPS) is 15.2. The Labute approximate surface area is 145 Å². The summed E-state index contributed by atoms with van der Waals surface area (Å²) < 4.78 is 8.97. The monoisotopic (exact) mass is 338 g/mol. The van der Waals surface area contributed by atoms with E-state index in [-0.39, 0.29) is 12.3 Å². The summed E-state index contributed by atoms with van der Waals surface area (Å²) in [4.78, 5) is 14.9. The zero-order chi connectivity index (χ0) is 17.2. The number of benzene rings is 1. The van der Waals surface area contributed by atoms with E-state index in [0.29, 0.717) is 11.4 Å². The van der Waals surface area contributed by atoms with Gasteiger partial charge in [0, 0.05) is 13.1 Å². The van der Waals surface area contributed by atoms with Gasteiger partial charge in [-0.3, -0.25) is 10.2 Å². The highest BCUT2D eigenvalue weighted by atomic mass is 16.3. The molecule has 1 aliphatic rings. The smallest absolute Gasteiger partial charge is 0.217 e. The van der Waals surface area contributed by atoms with Crippen LogP contribution in [0.2, 0.25) is 0 Å². The van der Waals surface area contributed by atoms with Gasteiger partial charge in [-0.25, -0.2) is 0 Å². The van der Waals surface area contributed by atoms with E-state index >= 15 is 0 Å². The summed E-state index contributed by atoms with van der Waals surface area (Å²) in [6, 6.07) is 11.3. The molecule has 0 atom stereocenters. The molecule has 0 saturated carbocycles. The first-order valence-corrected chi connectivity index (χ1v) is 8.76. The molecule has 6 nitrogen and oxygen atoms in total. The largest absolute Gasteiger partial charge is 0.461 e. The number of furan rings is 1. The number of hydrogen-bond acceptors (Lipinski definition) is 4. The van der Waals surface area contributed by atoms with Crippen LogP contribution in [0, 0.1) is 5.41 Å². The van der Waals surface area contributed by atoms with E-state index in [4.69, 9.17) is 9.83 Å². The molecule has 1 N–H and O–H groups in total. The molecule has 4 rings (SSSR count). The highest BCUT2D eigenvalue weighted by molar-refractivity contribution is 5.94. The van der Waals surface area contributed by atoms with Crippen LogP contribution in [0.1, 0.15) is 23.4 Å². The van der Waals surface area contributed by atoms with Crippen molar-refractivity contribution in [2.24, 2.45) is 0 Å². The number of carbonyl (C=O) groups is 1. The lowest BCUT2D eigenvalue weighted by Gasteiger charge is -2.15. The summed E-state index contributed by atoms with van der Waals surface area (Å²) >= 11 is 0. The Bertz CT molecular complexity index is 930. The third kappa shape index (κ3) is 3.05. The van der Waals surface area contributed by atoms with E-state index in [0.717, 1.165) is 37.2 Å². The van der Waals surface area contributed by atoms with Crippen LogP contribution in [-0.2, 0) is 13.1 Å². The average Bonchev–Trinajstić information content (AvgIpc) is 3.36. The molecule has 0 radical (unpaired) electrons. The molecule has 0 amide bonds. The van der Waals surface area contributed by atoms with Crippen molar-refractivity contribution in [1.29, 1.82) is 5.41 Å². The van der Waals surface area contributed by atoms with Crippen LogP contribution < -0.4 is 5.62 Å². The first-order valence-electron chi connectivity index (χ1n) is 8.76. The van der Waals surface area contributed by atoms with Crippen molar-refractivity contribution in [3.63, 3.8) is 0 Å². The molecule has 6 heteroatoms. The van der Waals surface area contributed by atoms with E-state index < -0.39 is 0 Å². The minimum Gasteiger partial charge on any atom is -0.461 e. The first-order chi connectivity index (χ1) is 12.2. The van der Waals surface area contributed by atoms with Gasteiger partial charge in [-0.05, 0) is 50.2 Å². The number of hydrogen-bond donors (Lipinski definition) is 1. The minimum absolute atomic E-state index is 0.115. The molecule has 3 aromatic rings. The van der Waals surface area contributed by atoms with Gasteiger partial charge < -0.3 is 18.5 Å². The molecule has 0 aliphatic carbocycles. The standard InChI is InChI=1S/C19H22N4O2/c20-19-22(12-11-21-9-3-4-10-21)15-6-1-2-7-16(15)23(19)14-17(24)18-8-5-13-25-18/h1-2,5-8,13,20H,3-4,9-12,14H2. The quantitative estimate of drug-likeness (QED) is 0.702. The zero-order valence-electron chi connectivity index (χ0n) is 14.1. The van der Waals surface area contributed by atoms with Crippen LogP contribution in [-0.4, -0.2) is 39.5 Å². The summed E-state index contributed by atoms with van der Waals surface area (Å²) in [5, 5.41) is 8.59. The van der Waals surface area contributed by atoms with Crippen molar-refractivity contribution in [3.8, 4) is 0 Å². The van der Waals surface area contributed by atoms with Gasteiger partial charge in [-0.2, -0.15) is 0 Å². The lowest BCUT2D eigenvalue weighted by molar-refractivity contribution is 0.0944.